The summed E-state index contributed by atoms with van der Waals surface area (Å²) < 4.78 is 19.2. The molecule has 8 nitrogen and oxygen atoms in total. The van der Waals surface area contributed by atoms with E-state index < -0.39 is 0 Å². The molecule has 0 N–H and O–H groups in total. The lowest BCUT2D eigenvalue weighted by atomic mass is 10.2. The second-order valence-electron chi connectivity index (χ2n) is 5.99. The van der Waals surface area contributed by atoms with E-state index in [1.807, 2.05) is 24.3 Å². The quantitative estimate of drug-likeness (QED) is 0.539. The maximum absolute atomic E-state index is 12.6. The van der Waals surface area contributed by atoms with Gasteiger partial charge in [-0.15, -0.1) is 0 Å². The molecule has 138 valence electrons. The summed E-state index contributed by atoms with van der Waals surface area (Å²) in [6.45, 7) is 0.180. The SMILES string of the molecule is COc1ccc(OC)c(-c2noc(Cn3c(=O)n(C)c4ccccc43)n2)c1. The summed E-state index contributed by atoms with van der Waals surface area (Å²) in [5.41, 5.74) is 2.16. The number of benzene rings is 2. The Labute approximate surface area is 154 Å². The monoisotopic (exact) mass is 366 g/mol. The third-order valence-electron chi connectivity index (χ3n) is 4.46. The Hall–Kier alpha value is -3.55. The molecule has 0 saturated heterocycles. The Morgan fingerprint density at radius 1 is 1.07 bits per heavy atom. The number of methoxy groups -OCH3 is 2. The van der Waals surface area contributed by atoms with Crippen molar-refractivity contribution in [3.8, 4) is 22.9 Å². The first-order valence-corrected chi connectivity index (χ1v) is 8.31. The topological polar surface area (TPSA) is 84.3 Å². The molecule has 0 amide bonds. The van der Waals surface area contributed by atoms with Crippen LogP contribution in [0.25, 0.3) is 22.4 Å². The predicted molar refractivity (Wildman–Crippen MR) is 99.1 cm³/mol. The van der Waals surface area contributed by atoms with E-state index in [2.05, 4.69) is 10.1 Å². The van der Waals surface area contributed by atoms with Crippen molar-refractivity contribution in [1.29, 1.82) is 0 Å². The maximum Gasteiger partial charge on any atom is 0.329 e. The normalized spacial score (nSPS) is 11.1. The highest BCUT2D eigenvalue weighted by molar-refractivity contribution is 5.76. The Morgan fingerprint density at radius 3 is 2.59 bits per heavy atom. The van der Waals surface area contributed by atoms with Crippen LogP contribution in [0.1, 0.15) is 5.89 Å². The summed E-state index contributed by atoms with van der Waals surface area (Å²) >= 11 is 0. The van der Waals surface area contributed by atoms with Gasteiger partial charge in [-0.3, -0.25) is 9.13 Å². The molecular weight excluding hydrogens is 348 g/mol. The van der Waals surface area contributed by atoms with Crippen LogP contribution in [0.2, 0.25) is 0 Å². The maximum atomic E-state index is 12.6. The third-order valence-corrected chi connectivity index (χ3v) is 4.46. The molecule has 8 heteroatoms. The summed E-state index contributed by atoms with van der Waals surface area (Å²) in [5.74, 6) is 1.95. The number of aryl methyl sites for hydroxylation is 1. The summed E-state index contributed by atoms with van der Waals surface area (Å²) in [4.78, 5) is 17.0. The average Bonchev–Trinajstić information content (AvgIpc) is 3.27. The van der Waals surface area contributed by atoms with E-state index in [9.17, 15) is 4.79 Å². The molecule has 2 heterocycles. The highest BCUT2D eigenvalue weighted by Crippen LogP contribution is 2.31. The second kappa shape index (κ2) is 6.64. The van der Waals surface area contributed by atoms with E-state index >= 15 is 0 Å². The molecule has 0 fully saturated rings. The first kappa shape index (κ1) is 16.9. The first-order valence-electron chi connectivity index (χ1n) is 8.31. The standard InChI is InChI=1S/C19H18N4O4/c1-22-14-6-4-5-7-15(14)23(19(22)24)11-17-20-18(21-27-17)13-10-12(25-2)8-9-16(13)26-3/h4-10H,11H2,1-3H3. The van der Waals surface area contributed by atoms with Gasteiger partial charge in [-0.25, -0.2) is 4.79 Å². The minimum atomic E-state index is -0.144. The van der Waals surface area contributed by atoms with Crippen LogP contribution in [-0.4, -0.2) is 33.5 Å². The molecule has 0 aliphatic heterocycles. The van der Waals surface area contributed by atoms with Crippen LogP contribution in [0.4, 0.5) is 0 Å². The lowest BCUT2D eigenvalue weighted by molar-refractivity contribution is 0.370. The Balaban J connectivity index is 1.73. The van der Waals surface area contributed by atoms with Crippen LogP contribution in [-0.2, 0) is 13.6 Å². The fraction of sp³-hybridized carbons (Fsp3) is 0.211. The molecule has 0 unspecified atom stereocenters. The van der Waals surface area contributed by atoms with E-state index in [-0.39, 0.29) is 12.2 Å². The van der Waals surface area contributed by atoms with Gasteiger partial charge < -0.3 is 14.0 Å². The summed E-state index contributed by atoms with van der Waals surface area (Å²) in [7, 11) is 4.89. The molecule has 0 saturated carbocycles. The van der Waals surface area contributed by atoms with Gasteiger partial charge in [-0.1, -0.05) is 17.3 Å². The van der Waals surface area contributed by atoms with Gasteiger partial charge in [0.1, 0.15) is 18.0 Å². The molecule has 0 bridgehead atoms. The number of hydrogen-bond acceptors (Lipinski definition) is 6. The third kappa shape index (κ3) is 2.84. The van der Waals surface area contributed by atoms with Gasteiger partial charge in [-0.05, 0) is 30.3 Å². The van der Waals surface area contributed by atoms with E-state index in [1.165, 1.54) is 0 Å². The van der Waals surface area contributed by atoms with E-state index in [0.717, 1.165) is 11.0 Å². The zero-order chi connectivity index (χ0) is 19.0. The van der Waals surface area contributed by atoms with Gasteiger partial charge in [0.15, 0.2) is 0 Å². The number of hydrogen-bond donors (Lipinski definition) is 0. The average molecular weight is 366 g/mol. The van der Waals surface area contributed by atoms with Gasteiger partial charge >= 0.3 is 5.69 Å². The molecule has 0 aliphatic rings. The number of para-hydroxylation sites is 2. The van der Waals surface area contributed by atoms with Gasteiger partial charge in [0.25, 0.3) is 0 Å². The van der Waals surface area contributed by atoms with Crippen molar-refractivity contribution in [1.82, 2.24) is 19.3 Å². The second-order valence-corrected chi connectivity index (χ2v) is 5.99. The van der Waals surface area contributed by atoms with E-state index in [4.69, 9.17) is 14.0 Å². The molecule has 4 aromatic rings. The minimum absolute atomic E-state index is 0.144. The molecule has 2 aromatic carbocycles. The van der Waals surface area contributed by atoms with Crippen LogP contribution < -0.4 is 15.2 Å². The number of aromatic nitrogens is 4. The summed E-state index contributed by atoms with van der Waals surface area (Å²) in [5, 5.41) is 4.04. The summed E-state index contributed by atoms with van der Waals surface area (Å²) in [6, 6.07) is 12.9. The van der Waals surface area contributed by atoms with E-state index in [0.29, 0.717) is 28.8 Å². The number of ether oxygens (including phenoxy) is 2. The molecular formula is C19H18N4O4. The van der Waals surface area contributed by atoms with Gasteiger partial charge in [0, 0.05) is 7.05 Å². The van der Waals surface area contributed by atoms with Crippen LogP contribution in [0.3, 0.4) is 0 Å². The minimum Gasteiger partial charge on any atom is -0.497 e. The highest BCUT2D eigenvalue weighted by atomic mass is 16.5. The lowest BCUT2D eigenvalue weighted by Crippen LogP contribution is -2.22. The van der Waals surface area contributed by atoms with Crippen molar-refractivity contribution in [2.45, 2.75) is 6.54 Å². The van der Waals surface area contributed by atoms with Gasteiger partial charge in [0.05, 0.1) is 30.8 Å². The van der Waals surface area contributed by atoms with Gasteiger partial charge in [0.2, 0.25) is 11.7 Å². The molecule has 0 radical (unpaired) electrons. The Morgan fingerprint density at radius 2 is 1.85 bits per heavy atom. The van der Waals surface area contributed by atoms with Crippen molar-refractivity contribution >= 4 is 11.0 Å². The van der Waals surface area contributed by atoms with Crippen LogP contribution in [0, 0.1) is 0 Å². The van der Waals surface area contributed by atoms with Crippen molar-refractivity contribution in [2.75, 3.05) is 14.2 Å². The summed E-state index contributed by atoms with van der Waals surface area (Å²) in [6.07, 6.45) is 0. The number of rotatable bonds is 5. The number of nitrogens with zero attached hydrogens (tertiary/aromatic N) is 4. The molecule has 0 atom stereocenters. The highest BCUT2D eigenvalue weighted by Gasteiger charge is 2.17. The van der Waals surface area contributed by atoms with Crippen molar-refractivity contribution in [3.05, 3.63) is 58.8 Å². The van der Waals surface area contributed by atoms with E-state index in [1.54, 1.807) is 48.6 Å². The predicted octanol–water partition coefficient (Wildman–Crippen LogP) is 2.46. The Kier molecular flexibility index (Phi) is 4.15. The van der Waals surface area contributed by atoms with Crippen molar-refractivity contribution in [2.24, 2.45) is 7.05 Å². The fourth-order valence-electron chi connectivity index (χ4n) is 3.07. The molecule has 2 aromatic heterocycles. The van der Waals surface area contributed by atoms with Crippen LogP contribution in [0.15, 0.2) is 51.8 Å². The molecule has 0 spiro atoms. The fourth-order valence-corrected chi connectivity index (χ4v) is 3.07. The number of fused-ring (bicyclic) bond motifs is 1. The van der Waals surface area contributed by atoms with Gasteiger partial charge in [-0.2, -0.15) is 4.98 Å². The van der Waals surface area contributed by atoms with Crippen molar-refractivity contribution < 1.29 is 14.0 Å². The smallest absolute Gasteiger partial charge is 0.329 e. The molecule has 4 rings (SSSR count). The zero-order valence-electron chi connectivity index (χ0n) is 15.2. The lowest BCUT2D eigenvalue weighted by Gasteiger charge is -2.07. The molecule has 0 aliphatic carbocycles. The zero-order valence-corrected chi connectivity index (χ0v) is 15.2. The van der Waals surface area contributed by atoms with Crippen LogP contribution in [0.5, 0.6) is 11.5 Å². The Bertz CT molecular complexity index is 1170. The first-order chi connectivity index (χ1) is 13.1. The van der Waals surface area contributed by atoms with Crippen LogP contribution >= 0.6 is 0 Å². The van der Waals surface area contributed by atoms with Crippen molar-refractivity contribution in [3.63, 3.8) is 0 Å². The molecule has 27 heavy (non-hydrogen) atoms. The largest absolute Gasteiger partial charge is 0.497 e. The number of imidazole rings is 1.